The van der Waals surface area contributed by atoms with E-state index in [4.69, 9.17) is 4.42 Å². The summed E-state index contributed by atoms with van der Waals surface area (Å²) in [5, 5.41) is 14.1. The van der Waals surface area contributed by atoms with Crippen LogP contribution in [0.5, 0.6) is 0 Å². The maximum absolute atomic E-state index is 13.6. The van der Waals surface area contributed by atoms with E-state index in [9.17, 15) is 31.9 Å². The molecule has 0 saturated carbocycles. The van der Waals surface area contributed by atoms with E-state index in [0.29, 0.717) is 0 Å². The molecule has 1 aromatic heterocycles. The molecule has 1 N–H and O–H groups in total. The van der Waals surface area contributed by atoms with Gasteiger partial charge in [-0.2, -0.15) is 32.1 Å². The van der Waals surface area contributed by atoms with Gasteiger partial charge in [0.1, 0.15) is 5.71 Å². The molecule has 24 heavy (non-hydrogen) atoms. The summed E-state index contributed by atoms with van der Waals surface area (Å²) >= 11 is 0. The van der Waals surface area contributed by atoms with Gasteiger partial charge in [-0.1, -0.05) is 20.8 Å². The first kappa shape index (κ1) is 18.4. The first-order valence-electron chi connectivity index (χ1n) is 6.85. The zero-order chi connectivity index (χ0) is 18.6. The van der Waals surface area contributed by atoms with E-state index in [0.717, 1.165) is 6.26 Å². The SMILES string of the molecule is CC(C)(C)[C@]1(O)CC(C(F)(F)C(F)(F)F)=NN1C(=O)c1ccco1. The van der Waals surface area contributed by atoms with Crippen molar-refractivity contribution in [1.29, 1.82) is 0 Å². The van der Waals surface area contributed by atoms with Gasteiger partial charge in [-0.05, 0) is 12.1 Å². The van der Waals surface area contributed by atoms with Gasteiger partial charge in [0.15, 0.2) is 11.5 Å². The largest absolute Gasteiger partial charge is 0.459 e. The van der Waals surface area contributed by atoms with Gasteiger partial charge in [0.2, 0.25) is 0 Å². The number of aliphatic hydroxyl groups is 1. The molecule has 1 amide bonds. The molecule has 1 aliphatic rings. The lowest BCUT2D eigenvalue weighted by Gasteiger charge is -2.41. The standard InChI is InChI=1S/C14H15F5N2O3/c1-11(2,3)12(23)7-9(13(15,16)14(17,18)19)20-21(12)10(22)8-5-4-6-24-8/h4-6,23H,7H2,1-3H3/t12-/m1/s1. The molecule has 0 saturated heterocycles. The average Bonchev–Trinajstić information content (AvgIpc) is 3.03. The van der Waals surface area contributed by atoms with Crippen molar-refractivity contribution in [3.05, 3.63) is 24.2 Å². The molecular weight excluding hydrogens is 339 g/mol. The third-order valence-electron chi connectivity index (χ3n) is 3.83. The van der Waals surface area contributed by atoms with E-state index in [1.54, 1.807) is 0 Å². The van der Waals surface area contributed by atoms with Crippen molar-refractivity contribution in [1.82, 2.24) is 5.01 Å². The Hall–Kier alpha value is -1.97. The van der Waals surface area contributed by atoms with E-state index >= 15 is 0 Å². The zero-order valence-corrected chi connectivity index (χ0v) is 13.0. The Bertz CT molecular complexity index is 661. The number of hydrazone groups is 1. The van der Waals surface area contributed by atoms with E-state index in [1.165, 1.54) is 32.9 Å². The summed E-state index contributed by atoms with van der Waals surface area (Å²) < 4.78 is 69.9. The maximum atomic E-state index is 13.6. The lowest BCUT2D eigenvalue weighted by atomic mass is 9.79. The van der Waals surface area contributed by atoms with Crippen molar-refractivity contribution < 1.29 is 36.3 Å². The van der Waals surface area contributed by atoms with E-state index < -0.39 is 41.3 Å². The maximum Gasteiger partial charge on any atom is 0.459 e. The predicted octanol–water partition coefficient (Wildman–Crippen LogP) is 3.41. The topological polar surface area (TPSA) is 66.0 Å². The molecule has 1 aromatic rings. The molecule has 5 nitrogen and oxygen atoms in total. The molecule has 1 aliphatic heterocycles. The van der Waals surface area contributed by atoms with Gasteiger partial charge in [0, 0.05) is 11.8 Å². The molecule has 0 bridgehead atoms. The number of hydrogen-bond acceptors (Lipinski definition) is 4. The summed E-state index contributed by atoms with van der Waals surface area (Å²) in [6.45, 7) is 4.17. The molecule has 2 heterocycles. The lowest BCUT2D eigenvalue weighted by Crippen LogP contribution is -2.55. The molecule has 0 fully saturated rings. The molecule has 0 unspecified atom stereocenters. The van der Waals surface area contributed by atoms with Crippen molar-refractivity contribution in [3.8, 4) is 0 Å². The van der Waals surface area contributed by atoms with Crippen molar-refractivity contribution >= 4 is 11.6 Å². The highest BCUT2D eigenvalue weighted by Crippen LogP contribution is 2.47. The molecule has 1 atom stereocenters. The van der Waals surface area contributed by atoms with Crippen LogP contribution in [0.25, 0.3) is 0 Å². The Labute approximate surface area is 133 Å². The highest BCUT2D eigenvalue weighted by atomic mass is 19.4. The smallest absolute Gasteiger partial charge is 0.459 e. The van der Waals surface area contributed by atoms with Crippen LogP contribution in [0.2, 0.25) is 0 Å². The minimum atomic E-state index is -5.89. The number of nitrogens with zero attached hydrogens (tertiary/aromatic N) is 2. The number of carbonyl (C=O) groups excluding carboxylic acids is 1. The fourth-order valence-electron chi connectivity index (χ4n) is 2.19. The summed E-state index contributed by atoms with van der Waals surface area (Å²) in [6.07, 6.45) is -5.92. The molecule has 10 heteroatoms. The molecular formula is C14H15F5N2O3. The van der Waals surface area contributed by atoms with Crippen LogP contribution in [-0.4, -0.2) is 39.6 Å². The number of alkyl halides is 5. The number of halogens is 5. The van der Waals surface area contributed by atoms with Gasteiger partial charge < -0.3 is 9.52 Å². The third-order valence-corrected chi connectivity index (χ3v) is 3.83. The van der Waals surface area contributed by atoms with Crippen LogP contribution in [0, 0.1) is 5.41 Å². The van der Waals surface area contributed by atoms with Crippen LogP contribution in [0.15, 0.2) is 27.9 Å². The summed E-state index contributed by atoms with van der Waals surface area (Å²) in [4.78, 5) is 12.3. The molecule has 0 aromatic carbocycles. The Morgan fingerprint density at radius 2 is 1.88 bits per heavy atom. The van der Waals surface area contributed by atoms with Gasteiger partial charge >= 0.3 is 18.0 Å². The molecule has 134 valence electrons. The normalized spacial score (nSPS) is 22.7. The fraction of sp³-hybridized carbons (Fsp3) is 0.571. The van der Waals surface area contributed by atoms with Gasteiger partial charge in [-0.3, -0.25) is 4.79 Å². The second kappa shape index (κ2) is 5.27. The summed E-state index contributed by atoms with van der Waals surface area (Å²) in [6, 6.07) is 2.51. The first-order valence-corrected chi connectivity index (χ1v) is 6.85. The number of amides is 1. The summed E-state index contributed by atoms with van der Waals surface area (Å²) in [5.74, 6) is -6.74. The second-order valence-corrected chi connectivity index (χ2v) is 6.46. The Balaban J connectivity index is 2.52. The molecule has 0 aliphatic carbocycles. The van der Waals surface area contributed by atoms with Crippen LogP contribution in [0.3, 0.4) is 0 Å². The number of hydrogen-bond donors (Lipinski definition) is 1. The second-order valence-electron chi connectivity index (χ2n) is 6.46. The number of furan rings is 1. The zero-order valence-electron chi connectivity index (χ0n) is 13.0. The van der Waals surface area contributed by atoms with E-state index in [-0.39, 0.29) is 10.8 Å². The number of carbonyl (C=O) groups is 1. The Morgan fingerprint density at radius 1 is 1.29 bits per heavy atom. The summed E-state index contributed by atoms with van der Waals surface area (Å²) in [5.41, 5.74) is -5.27. The van der Waals surface area contributed by atoms with Crippen LogP contribution in [0.1, 0.15) is 37.7 Å². The van der Waals surface area contributed by atoms with Crippen LogP contribution in [-0.2, 0) is 0 Å². The molecule has 0 radical (unpaired) electrons. The number of rotatable bonds is 2. The quantitative estimate of drug-likeness (QED) is 0.828. The van der Waals surface area contributed by atoms with Gasteiger partial charge in [-0.15, -0.1) is 0 Å². The summed E-state index contributed by atoms with van der Waals surface area (Å²) in [7, 11) is 0. The fourth-order valence-corrected chi connectivity index (χ4v) is 2.19. The van der Waals surface area contributed by atoms with Crippen LogP contribution in [0.4, 0.5) is 22.0 Å². The van der Waals surface area contributed by atoms with Crippen molar-refractivity contribution in [2.75, 3.05) is 0 Å². The first-order chi connectivity index (χ1) is 10.7. The highest BCUT2D eigenvalue weighted by molar-refractivity contribution is 5.99. The van der Waals surface area contributed by atoms with Gasteiger partial charge in [-0.25, -0.2) is 0 Å². The van der Waals surface area contributed by atoms with E-state index in [1.807, 2.05) is 0 Å². The van der Waals surface area contributed by atoms with Crippen LogP contribution < -0.4 is 0 Å². The van der Waals surface area contributed by atoms with Crippen molar-refractivity contribution in [2.24, 2.45) is 10.5 Å². The van der Waals surface area contributed by atoms with E-state index in [2.05, 4.69) is 5.10 Å². The van der Waals surface area contributed by atoms with Crippen molar-refractivity contribution in [2.45, 2.75) is 45.0 Å². The Kier molecular flexibility index (Phi) is 4.03. The molecule has 0 spiro atoms. The predicted molar refractivity (Wildman–Crippen MR) is 72.3 cm³/mol. The van der Waals surface area contributed by atoms with Gasteiger partial charge in [0.05, 0.1) is 6.26 Å². The van der Waals surface area contributed by atoms with Crippen LogP contribution >= 0.6 is 0 Å². The minimum absolute atomic E-state index is 0.237. The molecule has 2 rings (SSSR count). The average molecular weight is 354 g/mol. The van der Waals surface area contributed by atoms with Crippen molar-refractivity contribution in [3.63, 3.8) is 0 Å². The lowest BCUT2D eigenvalue weighted by molar-refractivity contribution is -0.250. The Morgan fingerprint density at radius 3 is 2.29 bits per heavy atom. The minimum Gasteiger partial charge on any atom is -0.459 e. The van der Waals surface area contributed by atoms with Gasteiger partial charge in [0.25, 0.3) is 0 Å². The highest BCUT2D eigenvalue weighted by Gasteiger charge is 2.66. The third kappa shape index (κ3) is 2.68. The monoisotopic (exact) mass is 354 g/mol.